The molecule has 120 valence electrons. The van der Waals surface area contributed by atoms with Crippen molar-refractivity contribution in [2.45, 2.75) is 39.2 Å². The molecule has 1 amide bonds. The fourth-order valence-corrected chi connectivity index (χ4v) is 2.67. The molecule has 1 saturated carbocycles. The predicted octanol–water partition coefficient (Wildman–Crippen LogP) is 2.54. The van der Waals surface area contributed by atoms with Crippen LogP contribution in [0.5, 0.6) is 0 Å². The van der Waals surface area contributed by atoms with Gasteiger partial charge in [0.05, 0.1) is 16.8 Å². The lowest BCUT2D eigenvalue weighted by molar-refractivity contribution is -0.124. The maximum Gasteiger partial charge on any atom is 0.340 e. The molecular formula is C18H20N2O3. The van der Waals surface area contributed by atoms with Crippen molar-refractivity contribution in [1.29, 1.82) is 0 Å². The molecule has 0 spiro atoms. The van der Waals surface area contributed by atoms with E-state index in [-0.39, 0.29) is 18.6 Å². The van der Waals surface area contributed by atoms with E-state index in [1.54, 1.807) is 0 Å². The normalized spacial score (nSPS) is 13.8. The highest BCUT2D eigenvalue weighted by Gasteiger charge is 2.24. The molecule has 1 aliphatic rings. The number of esters is 1. The first-order valence-corrected chi connectivity index (χ1v) is 7.94. The van der Waals surface area contributed by atoms with Crippen LogP contribution >= 0.6 is 0 Å². The van der Waals surface area contributed by atoms with Crippen molar-refractivity contribution < 1.29 is 14.3 Å². The van der Waals surface area contributed by atoms with E-state index in [1.807, 2.05) is 38.1 Å². The van der Waals surface area contributed by atoms with E-state index in [0.29, 0.717) is 17.7 Å². The number of fused-ring (bicyclic) bond motifs is 1. The lowest BCUT2D eigenvalue weighted by Gasteiger charge is -2.13. The Kier molecular flexibility index (Phi) is 4.28. The van der Waals surface area contributed by atoms with Crippen LogP contribution in [0, 0.1) is 6.92 Å². The average Bonchev–Trinajstić information content (AvgIpc) is 3.36. The summed E-state index contributed by atoms with van der Waals surface area (Å²) in [5, 5.41) is 3.73. The van der Waals surface area contributed by atoms with Gasteiger partial charge in [0.1, 0.15) is 0 Å². The molecular weight excluding hydrogens is 292 g/mol. The largest absolute Gasteiger partial charge is 0.452 e. The number of carbonyl (C=O) groups is 2. The van der Waals surface area contributed by atoms with E-state index < -0.39 is 5.97 Å². The molecule has 5 heteroatoms. The highest BCUT2D eigenvalue weighted by atomic mass is 16.5. The van der Waals surface area contributed by atoms with Gasteiger partial charge >= 0.3 is 5.97 Å². The maximum absolute atomic E-state index is 12.5. The molecule has 2 aromatic rings. The SMILES string of the molecule is CCc1nc2ccccc2c(C)c1C(=O)OCC(=O)NC1CC1. The van der Waals surface area contributed by atoms with E-state index in [1.165, 1.54) is 0 Å². The Hall–Kier alpha value is -2.43. The molecule has 0 unspecified atom stereocenters. The van der Waals surface area contributed by atoms with Crippen LogP contribution in [0.2, 0.25) is 0 Å². The fourth-order valence-electron chi connectivity index (χ4n) is 2.67. The number of hydrogen-bond donors (Lipinski definition) is 1. The predicted molar refractivity (Wildman–Crippen MR) is 87.3 cm³/mol. The fraction of sp³-hybridized carbons (Fsp3) is 0.389. The topological polar surface area (TPSA) is 68.3 Å². The summed E-state index contributed by atoms with van der Waals surface area (Å²) in [5.74, 6) is -0.728. The van der Waals surface area contributed by atoms with Gasteiger partial charge in [0.2, 0.25) is 0 Å². The summed E-state index contributed by atoms with van der Waals surface area (Å²) in [4.78, 5) is 28.7. The second-order valence-electron chi connectivity index (χ2n) is 5.85. The van der Waals surface area contributed by atoms with Crippen molar-refractivity contribution in [1.82, 2.24) is 10.3 Å². The van der Waals surface area contributed by atoms with Crippen LogP contribution in [-0.4, -0.2) is 29.5 Å². The summed E-state index contributed by atoms with van der Waals surface area (Å²) in [6.07, 6.45) is 2.64. The summed E-state index contributed by atoms with van der Waals surface area (Å²) in [6.45, 7) is 3.60. The van der Waals surface area contributed by atoms with Crippen molar-refractivity contribution in [2.24, 2.45) is 0 Å². The Morgan fingerprint density at radius 2 is 2.04 bits per heavy atom. The zero-order valence-electron chi connectivity index (χ0n) is 13.4. The van der Waals surface area contributed by atoms with Crippen LogP contribution < -0.4 is 5.32 Å². The summed E-state index contributed by atoms with van der Waals surface area (Å²) in [6, 6.07) is 7.97. The zero-order valence-corrected chi connectivity index (χ0v) is 13.4. The van der Waals surface area contributed by atoms with Gasteiger partial charge in [0.25, 0.3) is 5.91 Å². The zero-order chi connectivity index (χ0) is 16.4. The smallest absolute Gasteiger partial charge is 0.340 e. The van der Waals surface area contributed by atoms with Gasteiger partial charge in [-0.1, -0.05) is 25.1 Å². The molecule has 1 aromatic carbocycles. The van der Waals surface area contributed by atoms with E-state index in [9.17, 15) is 9.59 Å². The third kappa shape index (κ3) is 3.33. The molecule has 23 heavy (non-hydrogen) atoms. The van der Waals surface area contributed by atoms with E-state index in [4.69, 9.17) is 4.74 Å². The first-order valence-electron chi connectivity index (χ1n) is 7.94. The molecule has 5 nitrogen and oxygen atoms in total. The Labute approximate surface area is 135 Å². The van der Waals surface area contributed by atoms with Crippen LogP contribution in [0.3, 0.4) is 0 Å². The van der Waals surface area contributed by atoms with E-state index in [0.717, 1.165) is 29.3 Å². The second-order valence-corrected chi connectivity index (χ2v) is 5.85. The number of pyridine rings is 1. The highest BCUT2D eigenvalue weighted by Crippen LogP contribution is 2.24. The first-order chi connectivity index (χ1) is 11.1. The molecule has 3 rings (SSSR count). The van der Waals surface area contributed by atoms with Crippen LogP contribution in [0.25, 0.3) is 10.9 Å². The molecule has 1 aliphatic carbocycles. The lowest BCUT2D eigenvalue weighted by Crippen LogP contribution is -2.30. The monoisotopic (exact) mass is 312 g/mol. The number of ether oxygens (including phenoxy) is 1. The van der Waals surface area contributed by atoms with Crippen molar-refractivity contribution in [3.8, 4) is 0 Å². The summed E-state index contributed by atoms with van der Waals surface area (Å²) < 4.78 is 5.20. The Morgan fingerprint density at radius 3 is 2.74 bits per heavy atom. The van der Waals surface area contributed by atoms with Crippen molar-refractivity contribution >= 4 is 22.8 Å². The van der Waals surface area contributed by atoms with E-state index >= 15 is 0 Å². The average molecular weight is 312 g/mol. The van der Waals surface area contributed by atoms with Crippen LogP contribution in [0.4, 0.5) is 0 Å². The summed E-state index contributed by atoms with van der Waals surface area (Å²) in [7, 11) is 0. The Morgan fingerprint density at radius 1 is 1.30 bits per heavy atom. The standard InChI is InChI=1S/C18H20N2O3/c1-3-14-17(11(2)13-6-4-5-7-15(13)20-14)18(22)23-10-16(21)19-12-8-9-12/h4-7,12H,3,8-10H2,1-2H3,(H,19,21). The second kappa shape index (κ2) is 6.36. The molecule has 1 aromatic heterocycles. The minimum atomic E-state index is -0.483. The van der Waals surface area contributed by atoms with Crippen molar-refractivity contribution in [3.63, 3.8) is 0 Å². The van der Waals surface area contributed by atoms with Gasteiger partial charge in [0, 0.05) is 11.4 Å². The molecule has 0 aliphatic heterocycles. The quantitative estimate of drug-likeness (QED) is 0.862. The number of aromatic nitrogens is 1. The number of aryl methyl sites for hydroxylation is 2. The summed E-state index contributed by atoms with van der Waals surface area (Å²) in [5.41, 5.74) is 2.89. The molecule has 0 radical (unpaired) electrons. The van der Waals surface area contributed by atoms with Gasteiger partial charge in [-0.15, -0.1) is 0 Å². The number of hydrogen-bond acceptors (Lipinski definition) is 4. The number of amides is 1. The number of para-hydroxylation sites is 1. The van der Waals surface area contributed by atoms with Gasteiger partial charge in [-0.3, -0.25) is 9.78 Å². The number of nitrogens with zero attached hydrogens (tertiary/aromatic N) is 1. The third-order valence-electron chi connectivity index (χ3n) is 4.04. The van der Waals surface area contributed by atoms with Gasteiger partial charge in [-0.05, 0) is 37.8 Å². The van der Waals surface area contributed by atoms with Crippen molar-refractivity contribution in [2.75, 3.05) is 6.61 Å². The van der Waals surface area contributed by atoms with Gasteiger partial charge < -0.3 is 10.1 Å². The van der Waals surface area contributed by atoms with Crippen LogP contribution in [0.1, 0.15) is 41.4 Å². The Balaban J connectivity index is 1.83. The van der Waals surface area contributed by atoms with Gasteiger partial charge in [0.15, 0.2) is 6.61 Å². The minimum absolute atomic E-state index is 0.245. The molecule has 1 fully saturated rings. The summed E-state index contributed by atoms with van der Waals surface area (Å²) >= 11 is 0. The number of carbonyl (C=O) groups excluding carboxylic acids is 2. The van der Waals surface area contributed by atoms with Gasteiger partial charge in [-0.2, -0.15) is 0 Å². The first kappa shape index (κ1) is 15.5. The van der Waals surface area contributed by atoms with Crippen LogP contribution in [0.15, 0.2) is 24.3 Å². The highest BCUT2D eigenvalue weighted by molar-refractivity contribution is 5.99. The van der Waals surface area contributed by atoms with Gasteiger partial charge in [-0.25, -0.2) is 4.79 Å². The maximum atomic E-state index is 12.5. The minimum Gasteiger partial charge on any atom is -0.452 e. The van der Waals surface area contributed by atoms with Crippen LogP contribution in [-0.2, 0) is 16.0 Å². The van der Waals surface area contributed by atoms with E-state index in [2.05, 4.69) is 10.3 Å². The molecule has 1 N–H and O–H groups in total. The number of benzene rings is 1. The lowest BCUT2D eigenvalue weighted by atomic mass is 10.0. The number of nitrogens with one attached hydrogen (secondary N) is 1. The number of rotatable bonds is 5. The Bertz CT molecular complexity index is 766. The molecule has 0 atom stereocenters. The molecule has 0 saturated heterocycles. The molecule has 1 heterocycles. The third-order valence-corrected chi connectivity index (χ3v) is 4.04. The molecule has 0 bridgehead atoms. The van der Waals surface area contributed by atoms with Crippen molar-refractivity contribution in [3.05, 3.63) is 41.1 Å².